The summed E-state index contributed by atoms with van der Waals surface area (Å²) in [5.74, 6) is -1.18. The fourth-order valence-corrected chi connectivity index (χ4v) is 9.93. The molecule has 2 unspecified atom stereocenters. The van der Waals surface area contributed by atoms with Crippen molar-refractivity contribution in [1.82, 2.24) is 30.2 Å². The van der Waals surface area contributed by atoms with Gasteiger partial charge in [0.1, 0.15) is 42.4 Å². The van der Waals surface area contributed by atoms with Crippen molar-refractivity contribution in [2.75, 3.05) is 44.4 Å². The molecule has 0 aromatic carbocycles. The molecular weight excluding hydrogens is 967 g/mol. The first-order valence-corrected chi connectivity index (χ1v) is 26.0. The highest BCUT2D eigenvalue weighted by Gasteiger charge is 2.50. The zero-order valence-corrected chi connectivity index (χ0v) is 39.5. The predicted octanol–water partition coefficient (Wildman–Crippen LogP) is -0.511. The Hall–Kier alpha value is -2.60. The number of thioether (sulfide) groups is 1. The molecule has 0 bridgehead atoms. The smallest absolute Gasteiger partial charge is 0.390 e. The minimum atomic E-state index is -5.59. The molecule has 4 rings (SSSR count). The second kappa shape index (κ2) is 24.8. The van der Waals surface area contributed by atoms with E-state index in [1.165, 1.54) is 13.8 Å². The Balaban J connectivity index is 1.10. The molecule has 2 amide bonds. The summed E-state index contributed by atoms with van der Waals surface area (Å²) in [4.78, 5) is 88.2. The molecule has 2 aromatic heterocycles. The zero-order valence-electron chi connectivity index (χ0n) is 36.0. The number of aliphatic hydroxyl groups is 4. The van der Waals surface area contributed by atoms with E-state index in [9.17, 15) is 68.1 Å². The van der Waals surface area contributed by atoms with Gasteiger partial charge in [0.25, 0.3) is 0 Å². The van der Waals surface area contributed by atoms with E-state index in [-0.39, 0.29) is 48.0 Å². The summed E-state index contributed by atoms with van der Waals surface area (Å²) < 4.78 is 73.3. The average Bonchev–Trinajstić information content (AvgIpc) is 3.78. The summed E-state index contributed by atoms with van der Waals surface area (Å²) in [7, 11) is -16.5. The van der Waals surface area contributed by atoms with Gasteiger partial charge >= 0.3 is 23.5 Å². The quantitative estimate of drug-likeness (QED) is 0.0396. The van der Waals surface area contributed by atoms with Gasteiger partial charge in [-0.1, -0.05) is 38.5 Å². The first-order valence-electron chi connectivity index (χ1n) is 20.5. The van der Waals surface area contributed by atoms with Crippen LogP contribution in [0.15, 0.2) is 12.7 Å². The van der Waals surface area contributed by atoms with Crippen LogP contribution in [0.2, 0.25) is 0 Å². The third kappa shape index (κ3) is 17.4. The number of imidazole rings is 1. The number of ether oxygens (including phenoxy) is 3. The molecule has 0 spiro atoms. The number of hydrogen-bond acceptors (Lipinski definition) is 22. The first-order chi connectivity index (χ1) is 30.8. The molecule has 28 nitrogen and oxygen atoms in total. The van der Waals surface area contributed by atoms with Gasteiger partial charge in [0, 0.05) is 50.1 Å². The number of anilines is 1. The van der Waals surface area contributed by atoms with E-state index in [1.807, 2.05) is 0 Å². The minimum absolute atomic E-state index is 0.0232. The topological polar surface area (TPSA) is 423 Å². The molecule has 11 atom stereocenters. The van der Waals surface area contributed by atoms with Gasteiger partial charge in [0.15, 0.2) is 29.1 Å². The molecule has 0 radical (unpaired) electrons. The van der Waals surface area contributed by atoms with Crippen LogP contribution in [0.1, 0.15) is 71.9 Å². The molecule has 32 heteroatoms. The normalized spacial score (nSPS) is 26.1. The van der Waals surface area contributed by atoms with Crippen LogP contribution >= 0.6 is 35.2 Å². The molecule has 0 aliphatic carbocycles. The Morgan fingerprint density at radius 1 is 0.955 bits per heavy atom. The molecule has 0 saturated carbocycles. The second-order valence-electron chi connectivity index (χ2n) is 15.9. The number of carbonyl (C=O) groups excluding carboxylic acids is 3. The number of aliphatic hydroxyl groups excluding tert-OH is 4. The number of rotatable bonds is 27. The lowest BCUT2D eigenvalue weighted by atomic mass is 9.87. The van der Waals surface area contributed by atoms with Gasteiger partial charge < -0.3 is 70.6 Å². The number of nitrogen functional groups attached to an aromatic ring is 1. The summed E-state index contributed by atoms with van der Waals surface area (Å²) in [6, 6.07) is 0. The van der Waals surface area contributed by atoms with Crippen molar-refractivity contribution in [3.63, 3.8) is 0 Å². The van der Waals surface area contributed by atoms with Crippen LogP contribution in [-0.4, -0.2) is 164 Å². The molecule has 66 heavy (non-hydrogen) atoms. The molecule has 2 aromatic rings. The number of nitrogens with zero attached hydrogens (tertiary/aromatic N) is 4. The van der Waals surface area contributed by atoms with Gasteiger partial charge in [-0.25, -0.2) is 28.6 Å². The third-order valence-corrected chi connectivity index (χ3v) is 14.0. The largest absolute Gasteiger partial charge is 0.481 e. The molecule has 2 saturated heterocycles. The lowest BCUT2D eigenvalue weighted by Gasteiger charge is -2.35. The monoisotopic (exact) mass is 1030 g/mol. The summed E-state index contributed by atoms with van der Waals surface area (Å²) >= 11 is 1.07. The third-order valence-electron chi connectivity index (χ3n) is 10.0. The number of unbranched alkanes of at least 4 members (excludes halogenated alkanes) is 3. The van der Waals surface area contributed by atoms with Crippen LogP contribution < -0.4 is 16.4 Å². The number of carbonyl (C=O) groups is 3. The fourth-order valence-electron chi connectivity index (χ4n) is 6.39. The Bertz CT molecular complexity index is 2080. The number of nitrogens with two attached hydrogens (primary N) is 1. The summed E-state index contributed by atoms with van der Waals surface area (Å²) in [6.45, 7) is 2.47. The van der Waals surface area contributed by atoms with Crippen LogP contribution in [0, 0.1) is 5.41 Å². The number of amides is 2. The lowest BCUT2D eigenvalue weighted by Crippen LogP contribution is -2.47. The number of fused-ring (bicyclic) bond motifs is 1. The van der Waals surface area contributed by atoms with Crippen LogP contribution in [0.5, 0.6) is 0 Å². The van der Waals surface area contributed by atoms with E-state index < -0.39 is 109 Å². The van der Waals surface area contributed by atoms with Crippen molar-refractivity contribution in [1.29, 1.82) is 0 Å². The maximum atomic E-state index is 12.7. The number of aromatic nitrogens is 4. The molecule has 376 valence electrons. The Kier molecular flexibility index (Phi) is 21.0. The first kappa shape index (κ1) is 56.0. The van der Waals surface area contributed by atoms with Crippen LogP contribution in [-0.2, 0) is 60.2 Å². The predicted molar refractivity (Wildman–Crippen MR) is 227 cm³/mol. The van der Waals surface area contributed by atoms with Gasteiger partial charge in [-0.05, 0) is 19.8 Å². The molecule has 12 N–H and O–H groups in total. The van der Waals surface area contributed by atoms with Gasteiger partial charge in [-0.3, -0.25) is 32.5 Å². The van der Waals surface area contributed by atoms with Crippen molar-refractivity contribution >= 4 is 69.1 Å². The Morgan fingerprint density at radius 3 is 2.36 bits per heavy atom. The highest BCUT2D eigenvalue weighted by Crippen LogP contribution is 2.61. The molecule has 2 fully saturated rings. The molecule has 4 heterocycles. The summed E-state index contributed by atoms with van der Waals surface area (Å²) in [6.07, 6.45) is -6.34. The molecular formula is C34H58N7O21P3S. The maximum absolute atomic E-state index is 12.7. The van der Waals surface area contributed by atoms with Gasteiger partial charge in [-0.15, -0.1) is 0 Å². The van der Waals surface area contributed by atoms with Gasteiger partial charge in [0.05, 0.1) is 31.7 Å². The molecule has 2 aliphatic heterocycles. The number of phosphoric ester groups is 3. The molecule has 2 aliphatic rings. The minimum Gasteiger partial charge on any atom is -0.390 e. The van der Waals surface area contributed by atoms with E-state index in [1.54, 1.807) is 6.92 Å². The van der Waals surface area contributed by atoms with E-state index in [4.69, 9.17) is 29.0 Å². The van der Waals surface area contributed by atoms with Gasteiger partial charge in [-0.2, -0.15) is 4.31 Å². The maximum Gasteiger partial charge on any atom is 0.481 e. The second-order valence-corrected chi connectivity index (χ2v) is 21.3. The van der Waals surface area contributed by atoms with Crippen LogP contribution in [0.25, 0.3) is 11.2 Å². The van der Waals surface area contributed by atoms with Crippen molar-refractivity contribution in [3.8, 4) is 0 Å². The Labute approximate surface area is 382 Å². The van der Waals surface area contributed by atoms with Crippen molar-refractivity contribution < 1.29 is 100 Å². The van der Waals surface area contributed by atoms with Crippen LogP contribution in [0.4, 0.5) is 5.82 Å². The highest BCUT2D eigenvalue weighted by molar-refractivity contribution is 8.13. The van der Waals surface area contributed by atoms with E-state index >= 15 is 0 Å². The van der Waals surface area contributed by atoms with Crippen molar-refractivity contribution in [3.05, 3.63) is 12.7 Å². The summed E-state index contributed by atoms with van der Waals surface area (Å²) in [5, 5.41) is 46.1. The lowest BCUT2D eigenvalue weighted by molar-refractivity contribution is -0.261. The SMILES string of the molecule is C[C@@H]1O[C@@H](OCCCCCCC(=O)SCCNC(=O)CCNC(=O)[C@H](O)C(C)(C)COP(=O)(O)OP(=O)(O)OC[C@H]2O[C@@H](n3cnc4c(N)ncnc43)[C@H](O)[C@@H]2OP(=O)(O)O)[C@H](O)C[C@H]1O. The number of hydrogen-bond donors (Lipinski definition) is 11. The average molecular weight is 1030 g/mol. The zero-order chi connectivity index (χ0) is 49.0. The number of phosphoric acid groups is 3. The highest BCUT2D eigenvalue weighted by atomic mass is 32.2. The van der Waals surface area contributed by atoms with Crippen molar-refractivity contribution in [2.45, 2.75) is 121 Å². The van der Waals surface area contributed by atoms with Crippen LogP contribution in [0.3, 0.4) is 0 Å². The Morgan fingerprint density at radius 2 is 1.65 bits per heavy atom. The standard InChI is InChI=1S/C34H58N7O21P3S/c1-19-20(42)14-21(43)33(59-19)56-12-7-5-4-6-8-24(45)66-13-11-36-23(44)9-10-37-31(48)28(47)34(2,3)16-58-65(54,55)62-64(52,53)57-15-22-27(61-63(49,50)51)26(46)32(60-22)41-18-40-25-29(35)38-17-39-30(25)41/h17-22,26-28,32-33,42-43,46-47H,4-16H2,1-3H3,(H,36,44)(H,37,48)(H,52,53)(H,54,55)(H2,35,38,39)(H2,49,50,51)/t19-,20+,21+,22+,26+,27+,28-,32+,33+/m0/s1. The number of nitrogens with one attached hydrogen (secondary N) is 2. The van der Waals surface area contributed by atoms with E-state index in [2.05, 4.69) is 34.4 Å². The van der Waals surface area contributed by atoms with E-state index in [0.717, 1.165) is 41.8 Å². The summed E-state index contributed by atoms with van der Waals surface area (Å²) in [5.41, 5.74) is 4.23. The van der Waals surface area contributed by atoms with E-state index in [0.29, 0.717) is 31.6 Å². The van der Waals surface area contributed by atoms with Crippen molar-refractivity contribution in [2.24, 2.45) is 5.41 Å². The fraction of sp³-hybridized carbons (Fsp3) is 0.765. The van der Waals surface area contributed by atoms with Gasteiger partial charge in [0.2, 0.25) is 11.8 Å².